The van der Waals surface area contributed by atoms with Gasteiger partial charge in [-0.3, -0.25) is 4.79 Å². The van der Waals surface area contributed by atoms with Crippen molar-refractivity contribution in [3.8, 4) is 11.5 Å². The zero-order chi connectivity index (χ0) is 17.7. The van der Waals surface area contributed by atoms with Crippen LogP contribution in [0.3, 0.4) is 0 Å². The highest BCUT2D eigenvalue weighted by Gasteiger charge is 2.22. The SMILES string of the molecule is O=C(CS(=O)(=O)Cc1coc(-c2ccccc2)n1)NC1CCCCC1. The summed E-state index contributed by atoms with van der Waals surface area (Å²) in [6, 6.07) is 9.36. The first-order valence-corrected chi connectivity index (χ1v) is 10.3. The maximum absolute atomic E-state index is 12.3. The largest absolute Gasteiger partial charge is 0.444 e. The Morgan fingerprint density at radius 1 is 1.16 bits per heavy atom. The van der Waals surface area contributed by atoms with E-state index in [2.05, 4.69) is 10.3 Å². The zero-order valence-electron chi connectivity index (χ0n) is 14.0. The molecule has 2 aromatic rings. The second kappa shape index (κ2) is 7.82. The van der Waals surface area contributed by atoms with Gasteiger partial charge in [-0.05, 0) is 25.0 Å². The van der Waals surface area contributed by atoms with Crippen LogP contribution in [0.1, 0.15) is 37.8 Å². The summed E-state index contributed by atoms with van der Waals surface area (Å²) in [5.41, 5.74) is 1.09. The molecule has 0 saturated heterocycles. The number of carbonyl (C=O) groups excluding carboxylic acids is 1. The van der Waals surface area contributed by atoms with E-state index in [9.17, 15) is 13.2 Å². The fourth-order valence-electron chi connectivity index (χ4n) is 3.08. The molecular weight excluding hydrogens is 340 g/mol. The van der Waals surface area contributed by atoms with Crippen LogP contribution in [0.15, 0.2) is 41.0 Å². The molecule has 0 unspecified atom stereocenters. The smallest absolute Gasteiger partial charge is 0.235 e. The van der Waals surface area contributed by atoms with Crippen molar-refractivity contribution < 1.29 is 17.6 Å². The molecule has 134 valence electrons. The van der Waals surface area contributed by atoms with Crippen LogP contribution in [-0.2, 0) is 20.4 Å². The van der Waals surface area contributed by atoms with Gasteiger partial charge in [-0.15, -0.1) is 0 Å². The highest BCUT2D eigenvalue weighted by molar-refractivity contribution is 7.91. The minimum atomic E-state index is -3.59. The summed E-state index contributed by atoms with van der Waals surface area (Å²) in [7, 11) is -3.59. The topological polar surface area (TPSA) is 89.3 Å². The van der Waals surface area contributed by atoms with Gasteiger partial charge in [-0.1, -0.05) is 37.5 Å². The lowest BCUT2D eigenvalue weighted by molar-refractivity contribution is -0.119. The molecule has 1 saturated carbocycles. The molecule has 1 aromatic heterocycles. The van der Waals surface area contributed by atoms with Gasteiger partial charge in [-0.2, -0.15) is 0 Å². The van der Waals surface area contributed by atoms with Crippen LogP contribution < -0.4 is 5.32 Å². The van der Waals surface area contributed by atoms with E-state index in [0.29, 0.717) is 11.6 Å². The number of oxazole rings is 1. The lowest BCUT2D eigenvalue weighted by atomic mass is 9.95. The van der Waals surface area contributed by atoms with Gasteiger partial charge in [0.25, 0.3) is 0 Å². The van der Waals surface area contributed by atoms with Crippen LogP contribution >= 0.6 is 0 Å². The first kappa shape index (κ1) is 17.7. The Balaban J connectivity index is 1.58. The lowest BCUT2D eigenvalue weighted by Gasteiger charge is -2.22. The second-order valence-electron chi connectivity index (χ2n) is 6.44. The van der Waals surface area contributed by atoms with E-state index in [1.54, 1.807) is 0 Å². The minimum Gasteiger partial charge on any atom is -0.444 e. The summed E-state index contributed by atoms with van der Waals surface area (Å²) in [5.74, 6) is -0.880. The maximum Gasteiger partial charge on any atom is 0.235 e. The Kier molecular flexibility index (Phi) is 5.53. The van der Waals surface area contributed by atoms with E-state index >= 15 is 0 Å². The van der Waals surface area contributed by atoms with Crippen LogP contribution in [0, 0.1) is 0 Å². The molecular formula is C18H22N2O4S. The molecule has 1 heterocycles. The van der Waals surface area contributed by atoms with E-state index in [1.165, 1.54) is 12.7 Å². The molecule has 0 atom stereocenters. The number of sulfone groups is 1. The molecule has 1 aliphatic rings. The van der Waals surface area contributed by atoms with Crippen molar-refractivity contribution in [2.24, 2.45) is 0 Å². The summed E-state index contributed by atoms with van der Waals surface area (Å²) in [6.07, 6.45) is 6.53. The van der Waals surface area contributed by atoms with Crippen molar-refractivity contribution >= 4 is 15.7 Å². The minimum absolute atomic E-state index is 0.105. The third kappa shape index (κ3) is 5.16. The van der Waals surface area contributed by atoms with Gasteiger partial charge in [0.1, 0.15) is 12.0 Å². The van der Waals surface area contributed by atoms with Gasteiger partial charge < -0.3 is 9.73 Å². The van der Waals surface area contributed by atoms with Crippen molar-refractivity contribution in [1.29, 1.82) is 0 Å². The number of nitrogens with one attached hydrogen (secondary N) is 1. The van der Waals surface area contributed by atoms with Crippen molar-refractivity contribution in [3.05, 3.63) is 42.3 Å². The van der Waals surface area contributed by atoms with E-state index < -0.39 is 21.5 Å². The molecule has 0 aliphatic heterocycles. The molecule has 1 aromatic carbocycles. The number of amides is 1. The average Bonchev–Trinajstić information content (AvgIpc) is 3.03. The molecule has 3 rings (SSSR count). The van der Waals surface area contributed by atoms with Gasteiger partial charge in [0.05, 0.1) is 11.4 Å². The Bertz CT molecular complexity index is 809. The van der Waals surface area contributed by atoms with Crippen molar-refractivity contribution in [1.82, 2.24) is 10.3 Å². The molecule has 7 heteroatoms. The van der Waals surface area contributed by atoms with Gasteiger partial charge in [-0.25, -0.2) is 13.4 Å². The molecule has 0 spiro atoms. The summed E-state index contributed by atoms with van der Waals surface area (Å²) in [5, 5.41) is 2.83. The highest BCUT2D eigenvalue weighted by atomic mass is 32.2. The first-order chi connectivity index (χ1) is 12.0. The molecule has 0 radical (unpaired) electrons. The first-order valence-electron chi connectivity index (χ1n) is 8.51. The standard InChI is InChI=1S/C18H22N2O4S/c21-17(19-15-9-5-2-6-10-15)13-25(22,23)12-16-11-24-18(20-16)14-7-3-1-4-8-14/h1,3-4,7-8,11,15H,2,5-6,9-10,12-13H2,(H,19,21). The monoisotopic (exact) mass is 362 g/mol. The number of hydrogen-bond donors (Lipinski definition) is 1. The van der Waals surface area contributed by atoms with Gasteiger partial charge >= 0.3 is 0 Å². The Hall–Kier alpha value is -2.15. The quantitative estimate of drug-likeness (QED) is 0.853. The predicted molar refractivity (Wildman–Crippen MR) is 94.4 cm³/mol. The molecule has 1 fully saturated rings. The fraction of sp³-hybridized carbons (Fsp3) is 0.444. The van der Waals surface area contributed by atoms with Gasteiger partial charge in [0.2, 0.25) is 11.8 Å². The van der Waals surface area contributed by atoms with Gasteiger partial charge in [0.15, 0.2) is 9.84 Å². The highest BCUT2D eigenvalue weighted by Crippen LogP contribution is 2.19. The third-order valence-corrected chi connectivity index (χ3v) is 5.70. The van der Waals surface area contributed by atoms with E-state index in [0.717, 1.165) is 31.2 Å². The van der Waals surface area contributed by atoms with E-state index in [1.807, 2.05) is 30.3 Å². The molecule has 1 amide bonds. The Morgan fingerprint density at radius 3 is 2.60 bits per heavy atom. The molecule has 6 nitrogen and oxygen atoms in total. The summed E-state index contributed by atoms with van der Waals surface area (Å²) >= 11 is 0. The van der Waals surface area contributed by atoms with Crippen molar-refractivity contribution in [2.75, 3.05) is 5.75 Å². The van der Waals surface area contributed by atoms with Crippen LogP contribution in [0.25, 0.3) is 11.5 Å². The molecule has 1 N–H and O–H groups in total. The van der Waals surface area contributed by atoms with Crippen molar-refractivity contribution in [2.45, 2.75) is 43.9 Å². The fourth-order valence-corrected chi connectivity index (χ4v) is 4.25. The maximum atomic E-state index is 12.3. The zero-order valence-corrected chi connectivity index (χ0v) is 14.8. The average molecular weight is 362 g/mol. The van der Waals surface area contributed by atoms with Crippen molar-refractivity contribution in [3.63, 3.8) is 0 Å². The van der Waals surface area contributed by atoms with Gasteiger partial charge in [0, 0.05) is 11.6 Å². The Labute approximate surface area is 147 Å². The van der Waals surface area contributed by atoms with E-state index in [4.69, 9.17) is 4.42 Å². The van der Waals surface area contributed by atoms with Crippen LogP contribution in [0.2, 0.25) is 0 Å². The second-order valence-corrected chi connectivity index (χ2v) is 8.51. The number of benzene rings is 1. The normalized spacial score (nSPS) is 15.8. The number of nitrogens with zero attached hydrogens (tertiary/aromatic N) is 1. The molecule has 0 bridgehead atoms. The summed E-state index contributed by atoms with van der Waals surface area (Å²) in [6.45, 7) is 0. The molecule has 25 heavy (non-hydrogen) atoms. The predicted octanol–water partition coefficient (Wildman–Crippen LogP) is 2.71. The third-order valence-electron chi connectivity index (χ3n) is 4.26. The van der Waals surface area contributed by atoms with Crippen LogP contribution in [0.4, 0.5) is 0 Å². The number of rotatable bonds is 6. The van der Waals surface area contributed by atoms with Crippen LogP contribution in [-0.4, -0.2) is 31.1 Å². The summed E-state index contributed by atoms with van der Waals surface area (Å²) < 4.78 is 29.9. The Morgan fingerprint density at radius 2 is 1.88 bits per heavy atom. The number of hydrogen-bond acceptors (Lipinski definition) is 5. The van der Waals surface area contributed by atoms with E-state index in [-0.39, 0.29) is 11.8 Å². The molecule has 1 aliphatic carbocycles. The number of aromatic nitrogens is 1. The number of carbonyl (C=O) groups is 1. The lowest BCUT2D eigenvalue weighted by Crippen LogP contribution is -2.39. The van der Waals surface area contributed by atoms with Crippen LogP contribution in [0.5, 0.6) is 0 Å². The summed E-state index contributed by atoms with van der Waals surface area (Å²) in [4.78, 5) is 16.2.